The zero-order valence-corrected chi connectivity index (χ0v) is 18.2. The van der Waals surface area contributed by atoms with Gasteiger partial charge in [0.15, 0.2) is 0 Å². The maximum Gasteiger partial charge on any atom is 0.238 e. The first-order chi connectivity index (χ1) is 15.5. The van der Waals surface area contributed by atoms with Crippen LogP contribution in [0.3, 0.4) is 0 Å². The van der Waals surface area contributed by atoms with Crippen LogP contribution in [-0.4, -0.2) is 20.8 Å². The number of amides is 1. The zero-order valence-electron chi connectivity index (χ0n) is 17.5. The monoisotopic (exact) mass is 447 g/mol. The second-order valence-corrected chi connectivity index (χ2v) is 7.58. The van der Waals surface area contributed by atoms with Crippen molar-refractivity contribution in [2.24, 2.45) is 0 Å². The summed E-state index contributed by atoms with van der Waals surface area (Å²) in [4.78, 5) is 11.5. The molecule has 1 amide bonds. The highest BCUT2D eigenvalue weighted by atomic mass is 35.5. The first-order valence-electron chi connectivity index (χ1n) is 10.1. The number of para-hydroxylation sites is 1. The van der Waals surface area contributed by atoms with Gasteiger partial charge in [-0.1, -0.05) is 30.3 Å². The normalized spacial score (nSPS) is 10.7. The summed E-state index contributed by atoms with van der Waals surface area (Å²) in [7, 11) is 0. The molecule has 0 aliphatic heterocycles. The van der Waals surface area contributed by atoms with Crippen LogP contribution in [0.1, 0.15) is 18.2 Å². The SMILES string of the molecule is CC(=O)N(Cl)c1cccc(Cn2nc(-c3ccc(Oc4ccccc4)cc3)cc2CO)c1. The molecule has 6 nitrogen and oxygen atoms in total. The van der Waals surface area contributed by atoms with Gasteiger partial charge < -0.3 is 9.84 Å². The highest BCUT2D eigenvalue weighted by molar-refractivity contribution is 6.36. The molecule has 3 aromatic carbocycles. The highest BCUT2D eigenvalue weighted by Crippen LogP contribution is 2.26. The number of aliphatic hydroxyl groups is 1. The Morgan fingerprint density at radius 3 is 2.41 bits per heavy atom. The van der Waals surface area contributed by atoms with Gasteiger partial charge in [0.25, 0.3) is 0 Å². The van der Waals surface area contributed by atoms with Crippen LogP contribution in [-0.2, 0) is 17.9 Å². The number of halogens is 1. The lowest BCUT2D eigenvalue weighted by atomic mass is 10.1. The molecule has 0 aliphatic rings. The van der Waals surface area contributed by atoms with Crippen LogP contribution in [0.5, 0.6) is 11.5 Å². The molecule has 0 aliphatic carbocycles. The van der Waals surface area contributed by atoms with Gasteiger partial charge in [-0.15, -0.1) is 0 Å². The van der Waals surface area contributed by atoms with Gasteiger partial charge in [0, 0.05) is 24.3 Å². The van der Waals surface area contributed by atoms with Crippen molar-refractivity contribution in [3.8, 4) is 22.8 Å². The summed E-state index contributed by atoms with van der Waals surface area (Å²) >= 11 is 6.03. The quantitative estimate of drug-likeness (QED) is 0.386. The number of anilines is 1. The number of carbonyl (C=O) groups is 1. The molecular weight excluding hydrogens is 426 g/mol. The van der Waals surface area contributed by atoms with Crippen molar-refractivity contribution < 1.29 is 14.6 Å². The first kappa shape index (κ1) is 21.6. The standard InChI is InChI=1S/C25H22ClN3O3/c1-18(31)29(26)21-7-5-6-19(14-21)16-28-22(17-30)15-25(27-28)20-10-12-24(13-11-20)32-23-8-3-2-4-9-23/h2-15,30H,16-17H2,1H3. The van der Waals surface area contributed by atoms with Gasteiger partial charge in [-0.05, 0) is 60.2 Å². The van der Waals surface area contributed by atoms with Crippen LogP contribution >= 0.6 is 11.8 Å². The van der Waals surface area contributed by atoms with Gasteiger partial charge in [-0.25, -0.2) is 4.42 Å². The zero-order chi connectivity index (χ0) is 22.5. The molecule has 4 aromatic rings. The van der Waals surface area contributed by atoms with Crippen LogP contribution in [0.2, 0.25) is 0 Å². The van der Waals surface area contributed by atoms with E-state index in [0.29, 0.717) is 17.9 Å². The third-order valence-electron chi connectivity index (χ3n) is 4.90. The topological polar surface area (TPSA) is 67.6 Å². The Balaban J connectivity index is 1.53. The van der Waals surface area contributed by atoms with Gasteiger partial charge >= 0.3 is 0 Å². The predicted octanol–water partition coefficient (Wildman–Crippen LogP) is 5.39. The first-order valence-corrected chi connectivity index (χ1v) is 10.4. The van der Waals surface area contributed by atoms with E-state index in [1.165, 1.54) is 6.92 Å². The number of aliphatic hydroxyl groups excluding tert-OH is 1. The van der Waals surface area contributed by atoms with E-state index in [1.807, 2.05) is 78.9 Å². The van der Waals surface area contributed by atoms with Crippen molar-refractivity contribution in [3.63, 3.8) is 0 Å². The average Bonchev–Trinajstić information content (AvgIpc) is 3.22. The Bertz CT molecular complexity index is 1210. The average molecular weight is 448 g/mol. The van der Waals surface area contributed by atoms with Crippen LogP contribution in [0.25, 0.3) is 11.3 Å². The van der Waals surface area contributed by atoms with Crippen LogP contribution in [0, 0.1) is 0 Å². The molecule has 0 unspecified atom stereocenters. The number of carbonyl (C=O) groups excluding carboxylic acids is 1. The molecule has 0 saturated heterocycles. The molecule has 0 bridgehead atoms. The predicted molar refractivity (Wildman–Crippen MR) is 125 cm³/mol. The number of aromatic nitrogens is 2. The lowest BCUT2D eigenvalue weighted by Crippen LogP contribution is -2.16. The fourth-order valence-corrected chi connectivity index (χ4v) is 3.42. The van der Waals surface area contributed by atoms with Crippen molar-refractivity contribution in [2.75, 3.05) is 4.42 Å². The molecule has 0 saturated carbocycles. The second kappa shape index (κ2) is 9.68. The van der Waals surface area contributed by atoms with E-state index in [1.54, 1.807) is 10.7 Å². The van der Waals surface area contributed by atoms with E-state index >= 15 is 0 Å². The van der Waals surface area contributed by atoms with E-state index < -0.39 is 0 Å². The Morgan fingerprint density at radius 1 is 1.00 bits per heavy atom. The smallest absolute Gasteiger partial charge is 0.238 e. The fraction of sp³-hybridized carbons (Fsp3) is 0.120. The van der Waals surface area contributed by atoms with Crippen molar-refractivity contribution >= 4 is 23.4 Å². The fourth-order valence-electron chi connectivity index (χ4n) is 3.31. The third-order valence-corrected chi connectivity index (χ3v) is 5.33. The Morgan fingerprint density at radius 2 is 1.72 bits per heavy atom. The number of nitrogens with zero attached hydrogens (tertiary/aromatic N) is 3. The molecule has 1 aromatic heterocycles. The Labute approximate surface area is 191 Å². The number of hydrogen-bond donors (Lipinski definition) is 1. The summed E-state index contributed by atoms with van der Waals surface area (Å²) in [6.07, 6.45) is 0. The summed E-state index contributed by atoms with van der Waals surface area (Å²) in [6.45, 7) is 1.69. The molecule has 0 fully saturated rings. The molecule has 32 heavy (non-hydrogen) atoms. The van der Waals surface area contributed by atoms with E-state index in [9.17, 15) is 9.90 Å². The number of ether oxygens (including phenoxy) is 1. The maximum absolute atomic E-state index is 11.5. The van der Waals surface area contributed by atoms with Gasteiger partial charge in [-0.3, -0.25) is 9.48 Å². The summed E-state index contributed by atoms with van der Waals surface area (Å²) in [5.41, 5.74) is 3.84. The van der Waals surface area contributed by atoms with E-state index in [-0.39, 0.29) is 12.5 Å². The highest BCUT2D eigenvalue weighted by Gasteiger charge is 2.12. The molecular formula is C25H22ClN3O3. The molecule has 0 spiro atoms. The summed E-state index contributed by atoms with van der Waals surface area (Å²) in [5.74, 6) is 1.24. The molecule has 0 atom stereocenters. The largest absolute Gasteiger partial charge is 0.457 e. The minimum Gasteiger partial charge on any atom is -0.457 e. The second-order valence-electron chi connectivity index (χ2n) is 7.25. The molecule has 4 rings (SSSR count). The third kappa shape index (κ3) is 4.99. The molecule has 162 valence electrons. The minimum absolute atomic E-state index is 0.142. The van der Waals surface area contributed by atoms with Crippen molar-refractivity contribution in [1.82, 2.24) is 9.78 Å². The number of rotatable bonds is 7. The maximum atomic E-state index is 11.5. The van der Waals surface area contributed by atoms with Crippen LogP contribution in [0.4, 0.5) is 5.69 Å². The summed E-state index contributed by atoms with van der Waals surface area (Å²) < 4.78 is 8.66. The van der Waals surface area contributed by atoms with Gasteiger partial charge in [0.05, 0.1) is 30.2 Å². The molecule has 1 N–H and O–H groups in total. The van der Waals surface area contributed by atoms with Crippen LogP contribution < -0.4 is 9.16 Å². The summed E-state index contributed by atoms with van der Waals surface area (Å²) in [5, 5.41) is 14.5. The number of hydrogen-bond acceptors (Lipinski definition) is 4. The van der Waals surface area contributed by atoms with Gasteiger partial charge in [0.1, 0.15) is 11.5 Å². The van der Waals surface area contributed by atoms with E-state index in [2.05, 4.69) is 5.10 Å². The van der Waals surface area contributed by atoms with Crippen molar-refractivity contribution in [3.05, 3.63) is 96.2 Å². The molecule has 7 heteroatoms. The number of benzene rings is 3. The Kier molecular flexibility index (Phi) is 6.54. The molecule has 0 radical (unpaired) electrons. The van der Waals surface area contributed by atoms with Gasteiger partial charge in [-0.2, -0.15) is 5.10 Å². The van der Waals surface area contributed by atoms with Gasteiger partial charge in [0.2, 0.25) is 5.91 Å². The lowest BCUT2D eigenvalue weighted by molar-refractivity contribution is -0.115. The van der Waals surface area contributed by atoms with Crippen molar-refractivity contribution in [2.45, 2.75) is 20.1 Å². The lowest BCUT2D eigenvalue weighted by Gasteiger charge is -2.13. The molecule has 1 heterocycles. The van der Waals surface area contributed by atoms with Crippen molar-refractivity contribution in [1.29, 1.82) is 0 Å². The Hall–Kier alpha value is -3.61. The van der Waals surface area contributed by atoms with E-state index in [0.717, 1.165) is 32.7 Å². The van der Waals surface area contributed by atoms with E-state index in [4.69, 9.17) is 16.5 Å². The summed E-state index contributed by atoms with van der Waals surface area (Å²) in [6, 6.07) is 26.4. The minimum atomic E-state index is -0.263. The van der Waals surface area contributed by atoms with Crippen LogP contribution in [0.15, 0.2) is 84.9 Å².